The zero-order valence-corrected chi connectivity index (χ0v) is 19.2. The Bertz CT molecular complexity index is 1590. The monoisotopic (exact) mass is 462 g/mol. The van der Waals surface area contributed by atoms with Crippen LogP contribution in [-0.2, 0) is 10.0 Å². The van der Waals surface area contributed by atoms with Crippen LogP contribution in [0.15, 0.2) is 65.0 Å². The van der Waals surface area contributed by atoms with Gasteiger partial charge in [-0.3, -0.25) is 0 Å². The predicted molar refractivity (Wildman–Crippen MR) is 131 cm³/mol. The van der Waals surface area contributed by atoms with Crippen molar-refractivity contribution in [2.24, 2.45) is 0 Å². The quantitative estimate of drug-likeness (QED) is 0.432. The molecule has 5 aromatic rings. The van der Waals surface area contributed by atoms with E-state index in [-0.39, 0.29) is 0 Å². The molecule has 1 N–H and O–H groups in total. The van der Waals surface area contributed by atoms with Crippen molar-refractivity contribution in [2.45, 2.75) is 11.1 Å². The van der Waals surface area contributed by atoms with Crippen LogP contribution in [0.4, 0.5) is 5.82 Å². The molecule has 0 radical (unpaired) electrons. The van der Waals surface area contributed by atoms with Crippen LogP contribution in [0.3, 0.4) is 0 Å². The zero-order chi connectivity index (χ0) is 21.9. The summed E-state index contributed by atoms with van der Waals surface area (Å²) in [6, 6.07) is 17.5. The van der Waals surface area contributed by atoms with Crippen LogP contribution < -0.4 is 10.2 Å². The molecule has 6 rings (SSSR count). The van der Waals surface area contributed by atoms with Crippen molar-refractivity contribution in [3.8, 4) is 0 Å². The number of para-hydroxylation sites is 1. The zero-order valence-electron chi connectivity index (χ0n) is 17.6. The Morgan fingerprint density at radius 3 is 2.66 bits per heavy atom. The fraction of sp³-hybridized carbons (Fsp3) is 0.208. The van der Waals surface area contributed by atoms with Gasteiger partial charge in [0.25, 0.3) is 10.0 Å². The average Bonchev–Trinajstić information content (AvgIpc) is 3.44. The summed E-state index contributed by atoms with van der Waals surface area (Å²) in [7, 11) is -3.76. The molecule has 1 aliphatic heterocycles. The molecule has 0 spiro atoms. The Hall–Kier alpha value is -2.94. The normalized spacial score (nSPS) is 15.2. The molecule has 2 aromatic carbocycles. The van der Waals surface area contributed by atoms with Gasteiger partial charge in [-0.15, -0.1) is 11.3 Å². The predicted octanol–water partition coefficient (Wildman–Crippen LogP) is 4.36. The molecule has 1 saturated heterocycles. The van der Waals surface area contributed by atoms with Gasteiger partial charge < -0.3 is 10.2 Å². The van der Waals surface area contributed by atoms with E-state index in [1.807, 2.05) is 55.5 Å². The highest BCUT2D eigenvalue weighted by Gasteiger charge is 2.26. The molecular formula is C24H22N4O2S2. The second-order valence-corrected chi connectivity index (χ2v) is 11.3. The smallest absolute Gasteiger partial charge is 0.277 e. The van der Waals surface area contributed by atoms with E-state index in [1.165, 1.54) is 15.3 Å². The highest BCUT2D eigenvalue weighted by Crippen LogP contribution is 2.37. The second kappa shape index (κ2) is 7.30. The summed E-state index contributed by atoms with van der Waals surface area (Å²) in [6.45, 7) is 5.47. The molecule has 1 aliphatic rings. The number of pyridine rings is 1. The molecule has 0 bridgehead atoms. The van der Waals surface area contributed by atoms with E-state index >= 15 is 0 Å². The summed E-state index contributed by atoms with van der Waals surface area (Å²) in [5.74, 6) is 0.848. The fourth-order valence-electron chi connectivity index (χ4n) is 4.48. The molecule has 0 saturated carbocycles. The maximum absolute atomic E-state index is 13.8. The minimum absolute atomic E-state index is 0.347. The minimum atomic E-state index is -3.76. The van der Waals surface area contributed by atoms with E-state index in [9.17, 15) is 8.42 Å². The largest absolute Gasteiger partial charge is 0.353 e. The van der Waals surface area contributed by atoms with Gasteiger partial charge in [0.05, 0.1) is 11.0 Å². The highest BCUT2D eigenvalue weighted by atomic mass is 32.2. The van der Waals surface area contributed by atoms with E-state index in [1.54, 1.807) is 12.3 Å². The average molecular weight is 463 g/mol. The van der Waals surface area contributed by atoms with Gasteiger partial charge >= 0.3 is 0 Å². The lowest BCUT2D eigenvalue weighted by Crippen LogP contribution is -2.44. The number of aryl methyl sites for hydroxylation is 1. The molecule has 6 nitrogen and oxygen atoms in total. The Morgan fingerprint density at radius 1 is 1.00 bits per heavy atom. The molecule has 3 aromatic heterocycles. The van der Waals surface area contributed by atoms with E-state index in [0.29, 0.717) is 9.73 Å². The van der Waals surface area contributed by atoms with Gasteiger partial charge in [0.1, 0.15) is 10.0 Å². The third kappa shape index (κ3) is 3.02. The third-order valence-electron chi connectivity index (χ3n) is 6.06. The van der Waals surface area contributed by atoms with Gasteiger partial charge in [0.15, 0.2) is 0 Å². The van der Waals surface area contributed by atoms with E-state index < -0.39 is 10.0 Å². The van der Waals surface area contributed by atoms with Crippen LogP contribution in [-0.4, -0.2) is 43.6 Å². The van der Waals surface area contributed by atoms with Crippen LogP contribution >= 0.6 is 11.3 Å². The van der Waals surface area contributed by atoms with E-state index in [4.69, 9.17) is 4.98 Å². The van der Waals surface area contributed by atoms with Gasteiger partial charge in [-0.1, -0.05) is 35.9 Å². The number of rotatable bonds is 3. The van der Waals surface area contributed by atoms with Gasteiger partial charge in [-0.25, -0.2) is 8.96 Å². The van der Waals surface area contributed by atoms with Crippen LogP contribution in [0.2, 0.25) is 0 Å². The van der Waals surface area contributed by atoms with E-state index in [2.05, 4.69) is 10.2 Å². The van der Waals surface area contributed by atoms with Crippen LogP contribution in [0.1, 0.15) is 5.56 Å². The number of anilines is 1. The van der Waals surface area contributed by atoms with Crippen molar-refractivity contribution in [3.63, 3.8) is 0 Å². The van der Waals surface area contributed by atoms with Crippen molar-refractivity contribution in [1.82, 2.24) is 14.3 Å². The molecule has 0 atom stereocenters. The maximum Gasteiger partial charge on any atom is 0.277 e. The second-order valence-electron chi connectivity index (χ2n) is 8.18. The number of fused-ring (bicyclic) bond motifs is 4. The van der Waals surface area contributed by atoms with Crippen LogP contribution in [0.5, 0.6) is 0 Å². The van der Waals surface area contributed by atoms with Crippen molar-refractivity contribution >= 4 is 59.1 Å². The number of thiophene rings is 1. The van der Waals surface area contributed by atoms with Crippen molar-refractivity contribution in [1.29, 1.82) is 0 Å². The molecule has 8 heteroatoms. The number of hydrogen-bond donors (Lipinski definition) is 1. The first-order chi connectivity index (χ1) is 15.5. The number of hydrogen-bond acceptors (Lipinski definition) is 6. The Kier molecular flexibility index (Phi) is 4.50. The molecule has 1 fully saturated rings. The molecule has 32 heavy (non-hydrogen) atoms. The standard InChI is InChI=1S/C24H22N4O2S2/c1-16-6-7-21-17(14-16)15-22(31-21)32(29,30)28-11-8-19-23(28)18-4-2-3-5-20(18)26-24(19)27-12-9-25-10-13-27/h2-8,11,14-15,25H,9-10,12-13H2,1H3. The Morgan fingerprint density at radius 2 is 1.81 bits per heavy atom. The molecule has 0 unspecified atom stereocenters. The van der Waals surface area contributed by atoms with Gasteiger partial charge in [0.2, 0.25) is 0 Å². The van der Waals surface area contributed by atoms with Gasteiger partial charge in [-0.2, -0.15) is 8.42 Å². The lowest BCUT2D eigenvalue weighted by atomic mass is 10.1. The fourth-order valence-corrected chi connectivity index (χ4v) is 7.32. The number of nitrogens with zero attached hydrogens (tertiary/aromatic N) is 3. The van der Waals surface area contributed by atoms with Crippen molar-refractivity contribution in [3.05, 3.63) is 66.4 Å². The lowest BCUT2D eigenvalue weighted by molar-refractivity contribution is 0.586. The third-order valence-corrected chi connectivity index (χ3v) is 9.30. The lowest BCUT2D eigenvalue weighted by Gasteiger charge is -2.29. The maximum atomic E-state index is 13.8. The molecular weight excluding hydrogens is 440 g/mol. The molecule has 4 heterocycles. The summed E-state index contributed by atoms with van der Waals surface area (Å²) in [5.41, 5.74) is 2.61. The topological polar surface area (TPSA) is 67.2 Å². The summed E-state index contributed by atoms with van der Waals surface area (Å²) in [5, 5.41) is 6.03. The summed E-state index contributed by atoms with van der Waals surface area (Å²) in [4.78, 5) is 7.17. The first-order valence-electron chi connectivity index (χ1n) is 10.6. The molecule has 0 aliphatic carbocycles. The molecule has 162 valence electrons. The Labute approximate surface area is 190 Å². The highest BCUT2D eigenvalue weighted by molar-refractivity contribution is 7.92. The van der Waals surface area contributed by atoms with Crippen molar-refractivity contribution < 1.29 is 8.42 Å². The summed E-state index contributed by atoms with van der Waals surface area (Å²) in [6.07, 6.45) is 1.68. The first kappa shape index (κ1) is 19.7. The molecule has 0 amide bonds. The summed E-state index contributed by atoms with van der Waals surface area (Å²) >= 11 is 1.31. The van der Waals surface area contributed by atoms with Gasteiger partial charge in [0, 0.05) is 47.8 Å². The van der Waals surface area contributed by atoms with E-state index in [0.717, 1.165) is 63.9 Å². The SMILES string of the molecule is Cc1ccc2sc(S(=O)(=O)n3ccc4c(N5CCNCC5)nc5ccccc5c43)cc2c1. The van der Waals surface area contributed by atoms with Gasteiger partial charge in [-0.05, 0) is 36.6 Å². The van der Waals surface area contributed by atoms with Crippen LogP contribution in [0.25, 0.3) is 31.9 Å². The number of nitrogens with one attached hydrogen (secondary N) is 1. The Balaban J connectivity index is 1.61. The number of aromatic nitrogens is 2. The number of benzene rings is 2. The van der Waals surface area contributed by atoms with Crippen LogP contribution in [0, 0.1) is 6.92 Å². The number of piperazine rings is 1. The first-order valence-corrected chi connectivity index (χ1v) is 12.9. The minimum Gasteiger partial charge on any atom is -0.353 e. The van der Waals surface area contributed by atoms with Crippen molar-refractivity contribution in [2.75, 3.05) is 31.1 Å². The summed E-state index contributed by atoms with van der Waals surface area (Å²) < 4.78 is 30.4.